The number of hydrogen-bond donors (Lipinski definition) is 2. The molecule has 1 saturated carbocycles. The quantitative estimate of drug-likeness (QED) is 0.734. The predicted molar refractivity (Wildman–Crippen MR) is 94.2 cm³/mol. The summed E-state index contributed by atoms with van der Waals surface area (Å²) < 4.78 is 0.962. The summed E-state index contributed by atoms with van der Waals surface area (Å²) in [4.78, 5) is 36.7. The predicted octanol–water partition coefficient (Wildman–Crippen LogP) is 2.36. The molecule has 8 heteroatoms. The van der Waals surface area contributed by atoms with E-state index in [0.717, 1.165) is 23.1 Å². The molecule has 0 radical (unpaired) electrons. The standard InChI is InChI=1S/C17H15N5O2S/c23-15(10-1-2-10)20-8-12-7-11(3-6-19-12)16(24)22-17-21-13-9-18-5-4-14(13)25-17/h3-7,9-10H,1-2,8H2,(H,20,23)(H,21,22,24). The van der Waals surface area contributed by atoms with Gasteiger partial charge in [0.2, 0.25) is 5.91 Å². The Morgan fingerprint density at radius 1 is 1.24 bits per heavy atom. The van der Waals surface area contributed by atoms with Gasteiger partial charge in [-0.15, -0.1) is 0 Å². The van der Waals surface area contributed by atoms with Gasteiger partial charge in [-0.05, 0) is 31.0 Å². The molecule has 25 heavy (non-hydrogen) atoms. The van der Waals surface area contributed by atoms with Gasteiger partial charge in [0.05, 0.1) is 23.1 Å². The van der Waals surface area contributed by atoms with Crippen LogP contribution in [0.15, 0.2) is 36.8 Å². The first-order valence-electron chi connectivity index (χ1n) is 7.93. The molecule has 0 saturated heterocycles. The van der Waals surface area contributed by atoms with Gasteiger partial charge in [-0.1, -0.05) is 11.3 Å². The van der Waals surface area contributed by atoms with Crippen LogP contribution in [-0.2, 0) is 11.3 Å². The first-order valence-corrected chi connectivity index (χ1v) is 8.75. The second kappa shape index (κ2) is 6.56. The van der Waals surface area contributed by atoms with Crippen LogP contribution in [0.1, 0.15) is 28.9 Å². The minimum atomic E-state index is -0.260. The van der Waals surface area contributed by atoms with Gasteiger partial charge in [-0.2, -0.15) is 0 Å². The third kappa shape index (κ3) is 3.63. The molecule has 2 N–H and O–H groups in total. The van der Waals surface area contributed by atoms with Crippen molar-refractivity contribution in [2.75, 3.05) is 5.32 Å². The molecule has 1 fully saturated rings. The van der Waals surface area contributed by atoms with E-state index in [1.165, 1.54) is 11.3 Å². The van der Waals surface area contributed by atoms with Crippen LogP contribution in [0.2, 0.25) is 0 Å². The summed E-state index contributed by atoms with van der Waals surface area (Å²) in [5.74, 6) is -0.0519. The first-order chi connectivity index (χ1) is 12.2. The average molecular weight is 353 g/mol. The van der Waals surface area contributed by atoms with Gasteiger partial charge in [0.15, 0.2) is 5.13 Å². The number of thiazole rings is 1. The lowest BCUT2D eigenvalue weighted by Gasteiger charge is -2.06. The monoisotopic (exact) mass is 353 g/mol. The number of pyridine rings is 2. The van der Waals surface area contributed by atoms with Crippen LogP contribution in [0.25, 0.3) is 10.2 Å². The van der Waals surface area contributed by atoms with Crippen LogP contribution in [0.3, 0.4) is 0 Å². The van der Waals surface area contributed by atoms with Crippen molar-refractivity contribution in [2.45, 2.75) is 19.4 Å². The number of aromatic nitrogens is 3. The van der Waals surface area contributed by atoms with Crippen molar-refractivity contribution in [3.8, 4) is 0 Å². The lowest BCUT2D eigenvalue weighted by atomic mass is 10.2. The van der Waals surface area contributed by atoms with Crippen molar-refractivity contribution in [2.24, 2.45) is 5.92 Å². The zero-order valence-electron chi connectivity index (χ0n) is 13.2. The Morgan fingerprint density at radius 3 is 2.92 bits per heavy atom. The highest BCUT2D eigenvalue weighted by molar-refractivity contribution is 7.22. The Bertz CT molecular complexity index is 918. The first kappa shape index (κ1) is 15.6. The molecule has 4 rings (SSSR count). The third-order valence-corrected chi connectivity index (χ3v) is 4.83. The van der Waals surface area contributed by atoms with Crippen molar-refractivity contribution >= 4 is 38.5 Å². The number of hydrogen-bond acceptors (Lipinski definition) is 6. The Labute approximate surface area is 147 Å². The molecular weight excluding hydrogens is 338 g/mol. The maximum Gasteiger partial charge on any atom is 0.257 e. The molecule has 3 heterocycles. The van der Waals surface area contributed by atoms with Gasteiger partial charge in [-0.3, -0.25) is 24.9 Å². The van der Waals surface area contributed by atoms with E-state index in [2.05, 4.69) is 25.6 Å². The number of rotatable bonds is 5. The molecule has 0 bridgehead atoms. The van der Waals surface area contributed by atoms with E-state index in [1.807, 2.05) is 6.07 Å². The fourth-order valence-electron chi connectivity index (χ4n) is 2.39. The van der Waals surface area contributed by atoms with Gasteiger partial charge >= 0.3 is 0 Å². The Hall–Kier alpha value is -2.87. The highest BCUT2D eigenvalue weighted by Gasteiger charge is 2.29. The normalized spacial score (nSPS) is 13.6. The maximum absolute atomic E-state index is 12.4. The number of carbonyl (C=O) groups is 2. The van der Waals surface area contributed by atoms with Crippen molar-refractivity contribution in [3.05, 3.63) is 48.0 Å². The van der Waals surface area contributed by atoms with Crippen LogP contribution in [0.5, 0.6) is 0 Å². The summed E-state index contributed by atoms with van der Waals surface area (Å²) in [6.45, 7) is 0.323. The van der Waals surface area contributed by atoms with E-state index in [0.29, 0.717) is 22.9 Å². The van der Waals surface area contributed by atoms with E-state index in [4.69, 9.17) is 0 Å². The number of carbonyl (C=O) groups excluding carboxylic acids is 2. The molecule has 2 amide bonds. The van der Waals surface area contributed by atoms with Crippen molar-refractivity contribution in [1.29, 1.82) is 0 Å². The molecule has 0 unspecified atom stereocenters. The van der Waals surface area contributed by atoms with E-state index in [-0.39, 0.29) is 17.7 Å². The number of anilines is 1. The largest absolute Gasteiger partial charge is 0.350 e. The summed E-state index contributed by atoms with van der Waals surface area (Å²) in [6.07, 6.45) is 6.83. The molecule has 0 aliphatic heterocycles. The summed E-state index contributed by atoms with van der Waals surface area (Å²) in [7, 11) is 0. The summed E-state index contributed by atoms with van der Waals surface area (Å²) in [5, 5.41) is 6.16. The van der Waals surface area contributed by atoms with E-state index < -0.39 is 0 Å². The maximum atomic E-state index is 12.4. The highest BCUT2D eigenvalue weighted by Crippen LogP contribution is 2.28. The Morgan fingerprint density at radius 2 is 2.12 bits per heavy atom. The average Bonchev–Trinajstić information content (AvgIpc) is 3.40. The van der Waals surface area contributed by atoms with Crippen molar-refractivity contribution in [1.82, 2.24) is 20.3 Å². The minimum absolute atomic E-state index is 0.0553. The third-order valence-electron chi connectivity index (χ3n) is 3.88. The molecule has 3 aromatic rings. The molecule has 0 atom stereocenters. The van der Waals surface area contributed by atoms with Gasteiger partial charge < -0.3 is 5.32 Å². The number of nitrogens with one attached hydrogen (secondary N) is 2. The van der Waals surface area contributed by atoms with E-state index >= 15 is 0 Å². The number of amides is 2. The summed E-state index contributed by atoms with van der Waals surface area (Å²) in [6, 6.07) is 5.17. The van der Waals surface area contributed by atoms with Gasteiger partial charge in [0.1, 0.15) is 5.52 Å². The van der Waals surface area contributed by atoms with E-state index in [1.54, 1.807) is 30.7 Å². The number of nitrogens with zero attached hydrogens (tertiary/aromatic N) is 3. The zero-order valence-corrected chi connectivity index (χ0v) is 14.0. The van der Waals surface area contributed by atoms with Crippen LogP contribution < -0.4 is 10.6 Å². The summed E-state index contributed by atoms with van der Waals surface area (Å²) in [5.41, 5.74) is 1.87. The zero-order chi connectivity index (χ0) is 17.2. The second-order valence-corrected chi connectivity index (χ2v) is 6.88. The van der Waals surface area contributed by atoms with Gasteiger partial charge in [-0.25, -0.2) is 4.98 Å². The molecule has 1 aliphatic rings. The molecule has 0 aromatic carbocycles. The molecule has 3 aromatic heterocycles. The van der Waals surface area contributed by atoms with Crippen LogP contribution >= 0.6 is 11.3 Å². The second-order valence-electron chi connectivity index (χ2n) is 5.84. The molecule has 0 spiro atoms. The van der Waals surface area contributed by atoms with Gasteiger partial charge in [0, 0.05) is 23.9 Å². The minimum Gasteiger partial charge on any atom is -0.350 e. The fourth-order valence-corrected chi connectivity index (χ4v) is 3.21. The van der Waals surface area contributed by atoms with Gasteiger partial charge in [0.25, 0.3) is 5.91 Å². The van der Waals surface area contributed by atoms with Crippen LogP contribution in [0.4, 0.5) is 5.13 Å². The molecule has 7 nitrogen and oxygen atoms in total. The summed E-state index contributed by atoms with van der Waals surface area (Å²) >= 11 is 1.39. The van der Waals surface area contributed by atoms with Crippen molar-refractivity contribution < 1.29 is 9.59 Å². The molecule has 126 valence electrons. The lowest BCUT2D eigenvalue weighted by Crippen LogP contribution is -2.24. The smallest absolute Gasteiger partial charge is 0.257 e. The highest BCUT2D eigenvalue weighted by atomic mass is 32.1. The number of fused-ring (bicyclic) bond motifs is 1. The van der Waals surface area contributed by atoms with Crippen LogP contribution in [0, 0.1) is 5.92 Å². The molecule has 1 aliphatic carbocycles. The fraction of sp³-hybridized carbons (Fsp3) is 0.235. The Balaban J connectivity index is 1.44. The molecular formula is C17H15N5O2S. The Kier molecular flexibility index (Phi) is 4.10. The topological polar surface area (TPSA) is 96.9 Å². The lowest BCUT2D eigenvalue weighted by molar-refractivity contribution is -0.122. The SMILES string of the molecule is O=C(Nc1nc2cnccc2s1)c1ccnc(CNC(=O)C2CC2)c1. The van der Waals surface area contributed by atoms with E-state index in [9.17, 15) is 9.59 Å². The van der Waals surface area contributed by atoms with Crippen molar-refractivity contribution in [3.63, 3.8) is 0 Å². The van der Waals surface area contributed by atoms with Crippen LogP contribution in [-0.4, -0.2) is 26.8 Å².